The summed E-state index contributed by atoms with van der Waals surface area (Å²) in [5.74, 6) is 1.63. The second-order valence-corrected chi connectivity index (χ2v) is 8.60. The lowest BCUT2D eigenvalue weighted by Crippen LogP contribution is -2.69. The molecule has 4 nitrogen and oxygen atoms in total. The number of methoxy groups -OCH3 is 1. The van der Waals surface area contributed by atoms with Crippen molar-refractivity contribution in [2.45, 2.75) is 15.8 Å². The fraction of sp³-hybridized carbons (Fsp3) is 0.316. The molecule has 0 N–H and O–H groups in total. The Balaban J connectivity index is 1.72. The Bertz CT molecular complexity index is 760. The quantitative estimate of drug-likeness (QED) is 0.556. The maximum absolute atomic E-state index is 13.1. The number of alkyl halides is 1. The van der Waals surface area contributed by atoms with E-state index < -0.39 is 4.93 Å². The van der Waals surface area contributed by atoms with E-state index in [1.165, 1.54) is 0 Å². The lowest BCUT2D eigenvalue weighted by atomic mass is 9.88. The number of anilines is 1. The molecule has 2 unspecified atom stereocenters. The monoisotopic (exact) mass is 419 g/mol. The summed E-state index contributed by atoms with van der Waals surface area (Å²) in [5, 5.41) is 0. The molecule has 2 aromatic rings. The molecule has 1 spiro atoms. The average molecular weight is 420 g/mol. The highest BCUT2D eigenvalue weighted by atomic mass is 79.9. The van der Waals surface area contributed by atoms with Crippen LogP contribution >= 0.6 is 27.7 Å². The van der Waals surface area contributed by atoms with Gasteiger partial charge in [-0.3, -0.25) is 9.69 Å². The smallest absolute Gasteiger partial charge is 0.273 e. The molecule has 2 aliphatic rings. The van der Waals surface area contributed by atoms with Crippen molar-refractivity contribution in [3.8, 4) is 5.75 Å². The topological polar surface area (TPSA) is 38.8 Å². The van der Waals surface area contributed by atoms with Gasteiger partial charge in [-0.05, 0) is 29.8 Å². The highest BCUT2D eigenvalue weighted by Crippen LogP contribution is 2.56. The van der Waals surface area contributed by atoms with E-state index >= 15 is 0 Å². The molecule has 4 rings (SSSR count). The molecule has 3 atom stereocenters. The van der Waals surface area contributed by atoms with E-state index in [-0.39, 0.29) is 16.8 Å². The van der Waals surface area contributed by atoms with Crippen LogP contribution < -0.4 is 9.64 Å². The van der Waals surface area contributed by atoms with Crippen LogP contribution in [0, 0.1) is 0 Å². The summed E-state index contributed by atoms with van der Waals surface area (Å²) >= 11 is 5.17. The molecule has 0 aliphatic carbocycles. The summed E-state index contributed by atoms with van der Waals surface area (Å²) in [7, 11) is 1.63. The third-order valence-corrected chi connectivity index (χ3v) is 7.09. The first kappa shape index (κ1) is 16.9. The standard InChI is InChI=1S/C19H18BrNO3S/c1-23-16-9-7-15(8-10-16)21-17(13-5-3-2-4-6-13)19(18(21)22)24-11-14(20)12-25-19/h2-10,14,17H,11-12H2,1H3/t14-,17?,19?/m0/s1. The number of carbonyl (C=O) groups excluding carboxylic acids is 1. The molecule has 2 fully saturated rings. The van der Waals surface area contributed by atoms with Gasteiger partial charge >= 0.3 is 0 Å². The van der Waals surface area contributed by atoms with Gasteiger partial charge in [0.05, 0.1) is 13.7 Å². The second-order valence-electron chi connectivity index (χ2n) is 6.07. The Morgan fingerprint density at radius 1 is 1.20 bits per heavy atom. The minimum Gasteiger partial charge on any atom is -0.497 e. The molecule has 2 aliphatic heterocycles. The number of nitrogens with zero attached hydrogens (tertiary/aromatic N) is 1. The Labute approximate surface area is 159 Å². The van der Waals surface area contributed by atoms with Gasteiger partial charge in [0.2, 0.25) is 4.93 Å². The first-order valence-electron chi connectivity index (χ1n) is 8.10. The average Bonchev–Trinajstić information content (AvgIpc) is 2.67. The summed E-state index contributed by atoms with van der Waals surface area (Å²) < 4.78 is 11.3. The van der Waals surface area contributed by atoms with Crippen LogP contribution in [0.15, 0.2) is 54.6 Å². The SMILES string of the molecule is COc1ccc(N2C(=O)C3(OC[C@H](Br)CS3)C2c2ccccc2)cc1. The zero-order valence-electron chi connectivity index (χ0n) is 13.7. The third kappa shape index (κ3) is 2.76. The van der Waals surface area contributed by atoms with Crippen molar-refractivity contribution in [3.05, 3.63) is 60.2 Å². The van der Waals surface area contributed by atoms with E-state index in [9.17, 15) is 4.79 Å². The lowest BCUT2D eigenvalue weighted by Gasteiger charge is -2.56. The maximum Gasteiger partial charge on any atom is 0.273 e. The molecule has 2 heterocycles. The summed E-state index contributed by atoms with van der Waals surface area (Å²) in [6.45, 7) is 0.540. The number of hydrogen-bond donors (Lipinski definition) is 0. The van der Waals surface area contributed by atoms with Crippen molar-refractivity contribution in [3.63, 3.8) is 0 Å². The molecule has 0 saturated carbocycles. The largest absolute Gasteiger partial charge is 0.497 e. The van der Waals surface area contributed by atoms with Crippen LogP contribution in [0.2, 0.25) is 0 Å². The van der Waals surface area contributed by atoms with Gasteiger partial charge in [0.25, 0.3) is 5.91 Å². The van der Waals surface area contributed by atoms with E-state index in [4.69, 9.17) is 9.47 Å². The van der Waals surface area contributed by atoms with Crippen molar-refractivity contribution < 1.29 is 14.3 Å². The van der Waals surface area contributed by atoms with Crippen LogP contribution in [0.5, 0.6) is 5.75 Å². The zero-order valence-corrected chi connectivity index (χ0v) is 16.1. The summed E-state index contributed by atoms with van der Waals surface area (Å²) in [6, 6.07) is 17.5. The molecule has 0 radical (unpaired) electrons. The molecule has 25 heavy (non-hydrogen) atoms. The van der Waals surface area contributed by atoms with E-state index in [2.05, 4.69) is 28.1 Å². The van der Waals surface area contributed by atoms with Gasteiger partial charge in [0.15, 0.2) is 0 Å². The Morgan fingerprint density at radius 3 is 2.52 bits per heavy atom. The predicted molar refractivity (Wildman–Crippen MR) is 104 cm³/mol. The van der Waals surface area contributed by atoms with Crippen LogP contribution in [0.1, 0.15) is 11.6 Å². The number of carbonyl (C=O) groups is 1. The molecular weight excluding hydrogens is 402 g/mol. The van der Waals surface area contributed by atoms with E-state index in [1.807, 2.05) is 47.4 Å². The third-order valence-electron chi connectivity index (χ3n) is 4.56. The minimum absolute atomic E-state index is 0.0101. The van der Waals surface area contributed by atoms with Crippen molar-refractivity contribution >= 4 is 39.3 Å². The van der Waals surface area contributed by atoms with Crippen molar-refractivity contribution in [2.24, 2.45) is 0 Å². The highest BCUT2D eigenvalue weighted by molar-refractivity contribution is 9.09. The van der Waals surface area contributed by atoms with Crippen LogP contribution in [0.4, 0.5) is 5.69 Å². The van der Waals surface area contributed by atoms with E-state index in [0.29, 0.717) is 6.61 Å². The fourth-order valence-electron chi connectivity index (χ4n) is 3.32. The van der Waals surface area contributed by atoms with E-state index in [1.54, 1.807) is 18.9 Å². The molecule has 1 amide bonds. The second kappa shape index (κ2) is 6.67. The molecule has 2 saturated heterocycles. The maximum atomic E-state index is 13.1. The first-order valence-corrected chi connectivity index (χ1v) is 10.0. The molecule has 0 bridgehead atoms. The predicted octanol–water partition coefficient (Wildman–Crippen LogP) is 4.01. The van der Waals surface area contributed by atoms with E-state index in [0.717, 1.165) is 22.8 Å². The minimum atomic E-state index is -0.828. The lowest BCUT2D eigenvalue weighted by molar-refractivity contribution is -0.148. The number of hydrogen-bond acceptors (Lipinski definition) is 4. The van der Waals surface area contributed by atoms with Gasteiger partial charge in [0.1, 0.15) is 11.8 Å². The van der Waals surface area contributed by atoms with Crippen molar-refractivity contribution in [2.75, 3.05) is 24.4 Å². The Hall–Kier alpha value is -1.50. The number of ether oxygens (including phenoxy) is 2. The molecule has 0 aromatic heterocycles. The van der Waals surface area contributed by atoms with Gasteiger partial charge in [0, 0.05) is 16.3 Å². The molecule has 6 heteroatoms. The molecule has 130 valence electrons. The number of rotatable bonds is 3. The first-order chi connectivity index (χ1) is 12.2. The van der Waals surface area contributed by atoms with Gasteiger partial charge in [-0.25, -0.2) is 0 Å². The number of thioether (sulfide) groups is 1. The van der Waals surface area contributed by atoms with Gasteiger partial charge < -0.3 is 9.47 Å². The summed E-state index contributed by atoms with van der Waals surface area (Å²) in [6.07, 6.45) is 0. The highest BCUT2D eigenvalue weighted by Gasteiger charge is 2.65. The normalized spacial score (nSPS) is 28.7. The van der Waals surface area contributed by atoms with Gasteiger partial charge in [-0.1, -0.05) is 46.3 Å². The van der Waals surface area contributed by atoms with Gasteiger partial charge in [-0.2, -0.15) is 0 Å². The number of β-lactam (4-membered cyclic amide) rings is 1. The van der Waals surface area contributed by atoms with Crippen LogP contribution in [0.3, 0.4) is 0 Å². The molecule has 2 aromatic carbocycles. The Kier molecular flexibility index (Phi) is 4.52. The summed E-state index contributed by atoms with van der Waals surface area (Å²) in [4.78, 5) is 14.4. The Morgan fingerprint density at radius 2 is 1.92 bits per heavy atom. The number of halogens is 1. The summed E-state index contributed by atoms with van der Waals surface area (Å²) in [5.41, 5.74) is 1.94. The van der Waals surface area contributed by atoms with Crippen LogP contribution in [0.25, 0.3) is 0 Å². The van der Waals surface area contributed by atoms with Crippen molar-refractivity contribution in [1.82, 2.24) is 0 Å². The number of amides is 1. The zero-order chi connectivity index (χ0) is 17.4. The van der Waals surface area contributed by atoms with Crippen LogP contribution in [-0.4, -0.2) is 35.1 Å². The molecular formula is C19H18BrNO3S. The fourth-order valence-corrected chi connectivity index (χ4v) is 5.14. The van der Waals surface area contributed by atoms with Gasteiger partial charge in [-0.15, -0.1) is 11.8 Å². The number of benzene rings is 2. The van der Waals surface area contributed by atoms with Crippen LogP contribution in [-0.2, 0) is 9.53 Å². The van der Waals surface area contributed by atoms with Crippen molar-refractivity contribution in [1.29, 1.82) is 0 Å².